The quantitative estimate of drug-likeness (QED) is 0.887. The van der Waals surface area contributed by atoms with Crippen LogP contribution < -0.4 is 4.74 Å². The maximum absolute atomic E-state index is 9.95. The van der Waals surface area contributed by atoms with Crippen molar-refractivity contribution in [3.8, 4) is 5.75 Å². The zero-order valence-corrected chi connectivity index (χ0v) is 12.7. The molecule has 0 amide bonds. The van der Waals surface area contributed by atoms with E-state index in [1.165, 1.54) is 11.1 Å². The van der Waals surface area contributed by atoms with Gasteiger partial charge in [0.05, 0.1) is 6.10 Å². The van der Waals surface area contributed by atoms with E-state index >= 15 is 0 Å². The first-order chi connectivity index (χ1) is 8.88. The molecule has 2 nitrogen and oxygen atoms in total. The summed E-state index contributed by atoms with van der Waals surface area (Å²) in [5, 5.41) is 9.95. The second-order valence-electron chi connectivity index (χ2n) is 6.40. The SMILES string of the molecule is CCC1(C)C(O)CC1Oc1cc(C(C)C)ccc1C. The molecule has 2 rings (SSSR count). The minimum Gasteiger partial charge on any atom is -0.489 e. The van der Waals surface area contributed by atoms with E-state index < -0.39 is 0 Å². The molecule has 0 saturated heterocycles. The normalized spacial score (nSPS) is 30.3. The van der Waals surface area contributed by atoms with Crippen molar-refractivity contribution < 1.29 is 9.84 Å². The molecule has 106 valence electrons. The Hall–Kier alpha value is -1.02. The molecule has 1 saturated carbocycles. The summed E-state index contributed by atoms with van der Waals surface area (Å²) in [6.07, 6.45) is 1.60. The van der Waals surface area contributed by atoms with Crippen LogP contribution in [0.4, 0.5) is 0 Å². The van der Waals surface area contributed by atoms with Crippen molar-refractivity contribution in [2.45, 2.75) is 65.6 Å². The van der Waals surface area contributed by atoms with Crippen molar-refractivity contribution >= 4 is 0 Å². The Morgan fingerprint density at radius 1 is 1.42 bits per heavy atom. The Bertz CT molecular complexity index is 453. The standard InChI is InChI=1S/C17H26O2/c1-6-17(5)15(18)10-16(17)19-14-9-13(11(2)3)8-7-12(14)4/h7-9,11,15-16,18H,6,10H2,1-5H3. The first-order valence-corrected chi connectivity index (χ1v) is 7.33. The Balaban J connectivity index is 2.18. The van der Waals surface area contributed by atoms with Gasteiger partial charge in [-0.1, -0.05) is 39.8 Å². The smallest absolute Gasteiger partial charge is 0.122 e. The van der Waals surface area contributed by atoms with Gasteiger partial charge in [0, 0.05) is 11.8 Å². The summed E-state index contributed by atoms with van der Waals surface area (Å²) >= 11 is 0. The van der Waals surface area contributed by atoms with Crippen LogP contribution in [0.5, 0.6) is 5.75 Å². The van der Waals surface area contributed by atoms with Crippen LogP contribution in [0.1, 0.15) is 57.6 Å². The first kappa shape index (κ1) is 14.4. The molecular weight excluding hydrogens is 236 g/mol. The molecule has 0 heterocycles. The second kappa shape index (κ2) is 5.16. The zero-order chi connectivity index (χ0) is 14.2. The molecule has 0 spiro atoms. The van der Waals surface area contributed by atoms with E-state index in [2.05, 4.69) is 52.8 Å². The highest BCUT2D eigenvalue weighted by Crippen LogP contribution is 2.46. The van der Waals surface area contributed by atoms with Crippen molar-refractivity contribution in [1.29, 1.82) is 0 Å². The van der Waals surface area contributed by atoms with Gasteiger partial charge in [0.1, 0.15) is 11.9 Å². The van der Waals surface area contributed by atoms with E-state index in [4.69, 9.17) is 4.74 Å². The van der Waals surface area contributed by atoms with Crippen molar-refractivity contribution in [1.82, 2.24) is 0 Å². The molecule has 1 aliphatic rings. The zero-order valence-electron chi connectivity index (χ0n) is 12.7. The van der Waals surface area contributed by atoms with E-state index in [-0.39, 0.29) is 17.6 Å². The summed E-state index contributed by atoms with van der Waals surface area (Å²) in [5.41, 5.74) is 2.38. The highest BCUT2D eigenvalue weighted by molar-refractivity contribution is 5.38. The van der Waals surface area contributed by atoms with Gasteiger partial charge in [-0.3, -0.25) is 0 Å². The Morgan fingerprint density at radius 3 is 2.63 bits per heavy atom. The average molecular weight is 262 g/mol. The molecule has 0 aliphatic heterocycles. The fourth-order valence-corrected chi connectivity index (χ4v) is 2.70. The highest BCUT2D eigenvalue weighted by Gasteiger charge is 2.51. The summed E-state index contributed by atoms with van der Waals surface area (Å²) in [4.78, 5) is 0. The maximum atomic E-state index is 9.95. The van der Waals surface area contributed by atoms with E-state index in [1.807, 2.05) is 0 Å². The van der Waals surface area contributed by atoms with Gasteiger partial charge in [-0.15, -0.1) is 0 Å². The summed E-state index contributed by atoms with van der Waals surface area (Å²) in [6, 6.07) is 6.45. The molecule has 1 aliphatic carbocycles. The summed E-state index contributed by atoms with van der Waals surface area (Å²) in [5.74, 6) is 1.48. The predicted molar refractivity (Wildman–Crippen MR) is 78.7 cm³/mol. The largest absolute Gasteiger partial charge is 0.489 e. The van der Waals surface area contributed by atoms with Crippen LogP contribution in [-0.4, -0.2) is 17.3 Å². The van der Waals surface area contributed by atoms with E-state index in [0.29, 0.717) is 5.92 Å². The Kier molecular flexibility index (Phi) is 3.91. The van der Waals surface area contributed by atoms with Gasteiger partial charge in [0.25, 0.3) is 0 Å². The van der Waals surface area contributed by atoms with Crippen LogP contribution in [0.15, 0.2) is 18.2 Å². The lowest BCUT2D eigenvalue weighted by Crippen LogP contribution is -2.57. The molecule has 3 unspecified atom stereocenters. The molecule has 1 N–H and O–H groups in total. The number of aliphatic hydroxyl groups excluding tert-OH is 1. The summed E-state index contributed by atoms with van der Waals surface area (Å²) in [6.45, 7) is 10.7. The number of aryl methyl sites for hydroxylation is 1. The van der Waals surface area contributed by atoms with Gasteiger partial charge in [-0.25, -0.2) is 0 Å². The molecule has 0 radical (unpaired) electrons. The lowest BCUT2D eigenvalue weighted by Gasteiger charge is -2.50. The third kappa shape index (κ3) is 2.51. The number of rotatable bonds is 4. The maximum Gasteiger partial charge on any atom is 0.122 e. The molecule has 0 aromatic heterocycles. The topological polar surface area (TPSA) is 29.5 Å². The number of hydrogen-bond donors (Lipinski definition) is 1. The second-order valence-corrected chi connectivity index (χ2v) is 6.40. The number of aliphatic hydroxyl groups is 1. The molecule has 2 heteroatoms. The van der Waals surface area contributed by atoms with Gasteiger partial charge in [0.2, 0.25) is 0 Å². The van der Waals surface area contributed by atoms with E-state index in [0.717, 1.165) is 18.6 Å². The lowest BCUT2D eigenvalue weighted by molar-refractivity contribution is -0.147. The molecule has 1 aromatic rings. The third-order valence-corrected chi connectivity index (χ3v) is 4.84. The predicted octanol–water partition coefficient (Wildman–Crippen LogP) is 4.05. The number of ether oxygens (including phenoxy) is 1. The van der Waals surface area contributed by atoms with Gasteiger partial charge in [0.15, 0.2) is 0 Å². The Labute approximate surface area is 116 Å². The van der Waals surface area contributed by atoms with Crippen LogP contribution in [0.2, 0.25) is 0 Å². The van der Waals surface area contributed by atoms with Crippen molar-refractivity contribution in [3.05, 3.63) is 29.3 Å². The van der Waals surface area contributed by atoms with Crippen LogP contribution in [0.25, 0.3) is 0 Å². The molecule has 0 bridgehead atoms. The molecule has 1 aromatic carbocycles. The minimum absolute atomic E-state index is 0.0969. The van der Waals surface area contributed by atoms with Gasteiger partial charge in [-0.2, -0.15) is 0 Å². The monoisotopic (exact) mass is 262 g/mol. The third-order valence-electron chi connectivity index (χ3n) is 4.84. The van der Waals surface area contributed by atoms with E-state index in [1.54, 1.807) is 0 Å². The molecule has 19 heavy (non-hydrogen) atoms. The van der Waals surface area contributed by atoms with Crippen LogP contribution in [-0.2, 0) is 0 Å². The number of benzene rings is 1. The number of hydrogen-bond acceptors (Lipinski definition) is 2. The van der Waals surface area contributed by atoms with Crippen LogP contribution in [0.3, 0.4) is 0 Å². The van der Waals surface area contributed by atoms with Crippen molar-refractivity contribution in [2.75, 3.05) is 0 Å². The summed E-state index contributed by atoms with van der Waals surface area (Å²) in [7, 11) is 0. The molecular formula is C17H26O2. The van der Waals surface area contributed by atoms with Gasteiger partial charge in [-0.05, 0) is 36.5 Å². The van der Waals surface area contributed by atoms with Crippen molar-refractivity contribution in [3.63, 3.8) is 0 Å². The fourth-order valence-electron chi connectivity index (χ4n) is 2.70. The first-order valence-electron chi connectivity index (χ1n) is 7.33. The van der Waals surface area contributed by atoms with E-state index in [9.17, 15) is 5.11 Å². The van der Waals surface area contributed by atoms with Crippen LogP contribution in [0, 0.1) is 12.3 Å². The highest BCUT2D eigenvalue weighted by atomic mass is 16.5. The molecule has 3 atom stereocenters. The van der Waals surface area contributed by atoms with Crippen molar-refractivity contribution in [2.24, 2.45) is 5.41 Å². The van der Waals surface area contributed by atoms with Gasteiger partial charge < -0.3 is 9.84 Å². The Morgan fingerprint density at radius 2 is 2.11 bits per heavy atom. The minimum atomic E-state index is -0.226. The average Bonchev–Trinajstić information content (AvgIpc) is 2.39. The fraction of sp³-hybridized carbons (Fsp3) is 0.647. The van der Waals surface area contributed by atoms with Gasteiger partial charge >= 0.3 is 0 Å². The molecule has 1 fully saturated rings. The lowest BCUT2D eigenvalue weighted by atomic mass is 9.63. The van der Waals surface area contributed by atoms with Crippen LogP contribution >= 0.6 is 0 Å². The summed E-state index contributed by atoms with van der Waals surface area (Å²) < 4.78 is 6.19.